The van der Waals surface area contributed by atoms with Gasteiger partial charge in [0.25, 0.3) is 0 Å². The molecule has 0 bridgehead atoms. The number of hydrogen-bond acceptors (Lipinski definition) is 4. The minimum Gasteiger partial charge on any atom is -0.276 e. The Morgan fingerprint density at radius 2 is 1.54 bits per heavy atom. The van der Waals surface area contributed by atoms with Gasteiger partial charge < -0.3 is 0 Å². The summed E-state index contributed by atoms with van der Waals surface area (Å²) in [4.78, 5) is 27.2. The summed E-state index contributed by atoms with van der Waals surface area (Å²) in [6.07, 6.45) is 0. The summed E-state index contributed by atoms with van der Waals surface area (Å²) in [5.41, 5.74) is 5.27. The number of carbonyl (C=O) groups is 2. The number of rotatable bonds is 3. The molecule has 0 unspecified atom stereocenters. The highest BCUT2D eigenvalue weighted by atomic mass is 16.2. The van der Waals surface area contributed by atoms with Gasteiger partial charge in [0.05, 0.1) is 18.5 Å². The molecule has 2 amide bonds. The van der Waals surface area contributed by atoms with Crippen LogP contribution in [-0.4, -0.2) is 34.8 Å². The highest BCUT2D eigenvalue weighted by Crippen LogP contribution is 2.39. The van der Waals surface area contributed by atoms with Crippen LogP contribution in [0.3, 0.4) is 0 Å². The minimum absolute atomic E-state index is 0.0976. The molecule has 0 aromatic heterocycles. The van der Waals surface area contributed by atoms with Gasteiger partial charge in [0.15, 0.2) is 0 Å². The second-order valence-corrected chi connectivity index (χ2v) is 6.35. The molecular weight excluding hydrogens is 302 g/mol. The van der Waals surface area contributed by atoms with Crippen LogP contribution in [0.25, 0.3) is 0 Å². The van der Waals surface area contributed by atoms with Crippen LogP contribution in [0.4, 0.5) is 0 Å². The number of hydrazine groups is 1. The maximum Gasteiger partial charge on any atom is 0.249 e. The van der Waals surface area contributed by atoms with E-state index in [1.165, 1.54) is 4.90 Å². The average molecular weight is 321 g/mol. The summed E-state index contributed by atoms with van der Waals surface area (Å²) in [6, 6.07) is 18.9. The Hall–Kier alpha value is -2.50. The second-order valence-electron chi connectivity index (χ2n) is 6.35. The number of likely N-dealkylation sites (N-methyl/N-ethyl adjacent to an activating group) is 1. The highest BCUT2D eigenvalue weighted by Gasteiger charge is 2.57. The lowest BCUT2D eigenvalue weighted by atomic mass is 9.91. The number of likely N-dealkylation sites (tertiary alicyclic amines) is 1. The summed E-state index contributed by atoms with van der Waals surface area (Å²) in [5.74, 6) is -0.601. The number of carbonyl (C=O) groups excluding carboxylic acids is 2. The van der Waals surface area contributed by atoms with Crippen LogP contribution in [0.5, 0.6) is 0 Å². The first-order valence-electron chi connectivity index (χ1n) is 8.10. The minimum atomic E-state index is -0.439. The van der Waals surface area contributed by atoms with E-state index in [4.69, 9.17) is 0 Å². The Kier molecular flexibility index (Phi) is 3.67. The SMILES string of the molecule is CN1N[C@@H](c2ccccc2)[C@H]2C(=O)N(Cc3ccccc3)C(=O)[C@H]21. The largest absolute Gasteiger partial charge is 0.276 e. The molecule has 2 heterocycles. The number of nitrogens with one attached hydrogen (secondary N) is 1. The number of nitrogens with zero attached hydrogens (tertiary/aromatic N) is 2. The molecule has 2 aromatic carbocycles. The maximum absolute atomic E-state index is 13.0. The Morgan fingerprint density at radius 3 is 2.21 bits per heavy atom. The predicted octanol–water partition coefficient (Wildman–Crippen LogP) is 1.73. The molecule has 2 aliphatic rings. The third kappa shape index (κ3) is 2.33. The lowest BCUT2D eigenvalue weighted by Gasteiger charge is -2.22. The molecule has 0 saturated carbocycles. The summed E-state index contributed by atoms with van der Waals surface area (Å²) in [7, 11) is 1.83. The lowest BCUT2D eigenvalue weighted by Crippen LogP contribution is -2.42. The van der Waals surface area contributed by atoms with Crippen LogP contribution < -0.4 is 5.43 Å². The van der Waals surface area contributed by atoms with Crippen molar-refractivity contribution >= 4 is 11.8 Å². The van der Waals surface area contributed by atoms with E-state index in [0.717, 1.165) is 11.1 Å². The smallest absolute Gasteiger partial charge is 0.249 e. The molecule has 122 valence electrons. The molecular formula is C19H19N3O2. The van der Waals surface area contributed by atoms with Crippen LogP contribution >= 0.6 is 0 Å². The first-order valence-corrected chi connectivity index (χ1v) is 8.10. The molecule has 2 aliphatic heterocycles. The Labute approximate surface area is 140 Å². The van der Waals surface area contributed by atoms with E-state index < -0.39 is 6.04 Å². The first kappa shape index (κ1) is 15.1. The second kappa shape index (κ2) is 5.85. The molecule has 2 saturated heterocycles. The van der Waals surface area contributed by atoms with Gasteiger partial charge in [-0.25, -0.2) is 10.4 Å². The van der Waals surface area contributed by atoms with Crippen molar-refractivity contribution in [2.75, 3.05) is 7.05 Å². The van der Waals surface area contributed by atoms with Crippen molar-refractivity contribution < 1.29 is 9.59 Å². The quantitative estimate of drug-likeness (QED) is 0.875. The predicted molar refractivity (Wildman–Crippen MR) is 89.4 cm³/mol. The summed E-state index contributed by atoms with van der Waals surface area (Å²) >= 11 is 0. The number of amides is 2. The molecule has 24 heavy (non-hydrogen) atoms. The molecule has 1 N–H and O–H groups in total. The van der Waals surface area contributed by atoms with Crippen LogP contribution in [0.2, 0.25) is 0 Å². The standard InChI is InChI=1S/C19H19N3O2/c1-21-17-15(16(20-21)14-10-6-3-7-11-14)18(23)22(19(17)24)12-13-8-4-2-5-9-13/h2-11,15-17,20H,12H2,1H3/t15-,16+,17+/m1/s1. The van der Waals surface area contributed by atoms with Crippen LogP contribution in [-0.2, 0) is 16.1 Å². The van der Waals surface area contributed by atoms with Gasteiger partial charge in [-0.2, -0.15) is 0 Å². The van der Waals surface area contributed by atoms with Crippen LogP contribution in [0.1, 0.15) is 17.2 Å². The summed E-state index contributed by atoms with van der Waals surface area (Å²) < 4.78 is 0. The van der Waals surface area contributed by atoms with Gasteiger partial charge in [-0.05, 0) is 11.1 Å². The zero-order valence-electron chi connectivity index (χ0n) is 13.4. The van der Waals surface area contributed by atoms with Gasteiger partial charge in [-0.15, -0.1) is 0 Å². The van der Waals surface area contributed by atoms with Crippen molar-refractivity contribution in [3.05, 3.63) is 71.8 Å². The van der Waals surface area contributed by atoms with E-state index in [2.05, 4.69) is 5.43 Å². The highest BCUT2D eigenvalue weighted by molar-refractivity contribution is 6.07. The number of hydrogen-bond donors (Lipinski definition) is 1. The fourth-order valence-electron chi connectivity index (χ4n) is 3.71. The van der Waals surface area contributed by atoms with Crippen LogP contribution in [0.15, 0.2) is 60.7 Å². The van der Waals surface area contributed by atoms with Gasteiger partial charge in [-0.3, -0.25) is 14.5 Å². The molecule has 3 atom stereocenters. The number of imide groups is 1. The van der Waals surface area contributed by atoms with Crippen LogP contribution in [0, 0.1) is 5.92 Å². The van der Waals surface area contributed by atoms with E-state index in [9.17, 15) is 9.59 Å². The Morgan fingerprint density at radius 1 is 0.917 bits per heavy atom. The molecule has 0 radical (unpaired) electrons. The van der Waals surface area contributed by atoms with Gasteiger partial charge >= 0.3 is 0 Å². The van der Waals surface area contributed by atoms with E-state index in [1.54, 1.807) is 5.01 Å². The fraction of sp³-hybridized carbons (Fsp3) is 0.263. The number of benzene rings is 2. The van der Waals surface area contributed by atoms with E-state index in [-0.39, 0.29) is 23.8 Å². The molecule has 5 nitrogen and oxygen atoms in total. The average Bonchev–Trinajstić information content (AvgIpc) is 3.08. The first-order chi connectivity index (χ1) is 11.7. The molecule has 0 aliphatic carbocycles. The van der Waals surface area contributed by atoms with Crippen molar-refractivity contribution in [1.82, 2.24) is 15.3 Å². The fourth-order valence-corrected chi connectivity index (χ4v) is 3.71. The molecule has 5 heteroatoms. The Bertz CT molecular complexity index is 763. The normalized spacial score (nSPS) is 26.9. The topological polar surface area (TPSA) is 52.7 Å². The van der Waals surface area contributed by atoms with Crippen molar-refractivity contribution in [1.29, 1.82) is 0 Å². The summed E-state index contributed by atoms with van der Waals surface area (Å²) in [5, 5.41) is 1.79. The van der Waals surface area contributed by atoms with Gasteiger partial charge in [0, 0.05) is 7.05 Å². The van der Waals surface area contributed by atoms with E-state index in [0.29, 0.717) is 6.54 Å². The lowest BCUT2D eigenvalue weighted by molar-refractivity contribution is -0.142. The molecule has 0 spiro atoms. The van der Waals surface area contributed by atoms with Gasteiger partial charge in [0.1, 0.15) is 6.04 Å². The van der Waals surface area contributed by atoms with E-state index in [1.807, 2.05) is 67.7 Å². The van der Waals surface area contributed by atoms with Crippen molar-refractivity contribution in [2.24, 2.45) is 5.92 Å². The monoisotopic (exact) mass is 321 g/mol. The zero-order valence-corrected chi connectivity index (χ0v) is 13.4. The molecule has 2 fully saturated rings. The zero-order chi connectivity index (χ0) is 16.7. The van der Waals surface area contributed by atoms with Crippen molar-refractivity contribution in [3.63, 3.8) is 0 Å². The van der Waals surface area contributed by atoms with E-state index >= 15 is 0 Å². The number of fused-ring (bicyclic) bond motifs is 1. The molecule has 2 aromatic rings. The van der Waals surface area contributed by atoms with Gasteiger partial charge in [0.2, 0.25) is 11.8 Å². The van der Waals surface area contributed by atoms with Gasteiger partial charge in [-0.1, -0.05) is 60.7 Å². The third-order valence-corrected chi connectivity index (χ3v) is 4.87. The molecule has 4 rings (SSSR count). The third-order valence-electron chi connectivity index (χ3n) is 4.87. The maximum atomic E-state index is 13.0. The van der Waals surface area contributed by atoms with Crippen molar-refractivity contribution in [2.45, 2.75) is 18.6 Å². The van der Waals surface area contributed by atoms with Crippen molar-refractivity contribution in [3.8, 4) is 0 Å². The Balaban J connectivity index is 1.64. The summed E-state index contributed by atoms with van der Waals surface area (Å²) in [6.45, 7) is 0.334.